The number of nitrogens with zero attached hydrogens (tertiary/aromatic N) is 1. The second-order valence-electron chi connectivity index (χ2n) is 4.24. The molecule has 0 aliphatic rings. The summed E-state index contributed by atoms with van der Waals surface area (Å²) in [6.07, 6.45) is 2.51. The molecule has 1 rings (SSSR count). The summed E-state index contributed by atoms with van der Waals surface area (Å²) in [6.45, 7) is 3.10. The minimum atomic E-state index is -3.41. The number of hydrogen-bond acceptors (Lipinski definition) is 5. The Kier molecular flexibility index (Phi) is 3.42. The van der Waals surface area contributed by atoms with Crippen LogP contribution in [0.5, 0.6) is 0 Å². The first kappa shape index (κ1) is 13.4. The molecule has 6 nitrogen and oxygen atoms in total. The second kappa shape index (κ2) is 4.33. The zero-order chi connectivity index (χ0) is 13.3. The standard InChI is InChI=1S/C10H15N3O3S/c1-10(2,9(11)14)13-8-7(17(3,15)16)5-4-6-12-8/h4-6H,1-3H3,(H2,11,14)(H,12,13). The van der Waals surface area contributed by atoms with Gasteiger partial charge in [-0.1, -0.05) is 0 Å². The summed E-state index contributed by atoms with van der Waals surface area (Å²) < 4.78 is 23.0. The van der Waals surface area contributed by atoms with E-state index in [4.69, 9.17) is 5.73 Å². The summed E-state index contributed by atoms with van der Waals surface area (Å²) in [7, 11) is -3.41. The Hall–Kier alpha value is -1.63. The van der Waals surface area contributed by atoms with Gasteiger partial charge in [0.15, 0.2) is 9.84 Å². The number of nitrogens with two attached hydrogens (primary N) is 1. The maximum Gasteiger partial charge on any atom is 0.242 e. The second-order valence-corrected chi connectivity index (χ2v) is 6.22. The van der Waals surface area contributed by atoms with Gasteiger partial charge in [-0.2, -0.15) is 0 Å². The molecule has 0 saturated carbocycles. The van der Waals surface area contributed by atoms with Crippen molar-refractivity contribution in [3.8, 4) is 0 Å². The van der Waals surface area contributed by atoms with Gasteiger partial charge in [-0.15, -0.1) is 0 Å². The van der Waals surface area contributed by atoms with E-state index in [0.717, 1.165) is 6.26 Å². The molecule has 0 fully saturated rings. The van der Waals surface area contributed by atoms with E-state index in [9.17, 15) is 13.2 Å². The van der Waals surface area contributed by atoms with Crippen LogP contribution in [0.1, 0.15) is 13.8 Å². The highest BCUT2D eigenvalue weighted by molar-refractivity contribution is 7.90. The first-order valence-electron chi connectivity index (χ1n) is 4.88. The van der Waals surface area contributed by atoms with Crippen LogP contribution >= 0.6 is 0 Å². The Morgan fingerprint density at radius 2 is 2.06 bits per heavy atom. The van der Waals surface area contributed by atoms with Gasteiger partial charge in [0, 0.05) is 12.5 Å². The number of carbonyl (C=O) groups excluding carboxylic acids is 1. The lowest BCUT2D eigenvalue weighted by Gasteiger charge is -2.23. The molecule has 1 heterocycles. The molecule has 0 radical (unpaired) electrons. The normalized spacial score (nSPS) is 12.2. The molecule has 0 atom stereocenters. The van der Waals surface area contributed by atoms with E-state index in [2.05, 4.69) is 10.3 Å². The summed E-state index contributed by atoms with van der Waals surface area (Å²) >= 11 is 0. The minimum Gasteiger partial charge on any atom is -0.368 e. The van der Waals surface area contributed by atoms with Crippen LogP contribution in [0.15, 0.2) is 23.2 Å². The van der Waals surface area contributed by atoms with Gasteiger partial charge in [-0.25, -0.2) is 13.4 Å². The summed E-state index contributed by atoms with van der Waals surface area (Å²) in [6, 6.07) is 2.93. The number of aromatic nitrogens is 1. The summed E-state index contributed by atoms with van der Waals surface area (Å²) in [5.74, 6) is -0.471. The fraction of sp³-hybridized carbons (Fsp3) is 0.400. The Balaban J connectivity index is 3.21. The van der Waals surface area contributed by atoms with E-state index in [0.29, 0.717) is 0 Å². The molecule has 0 unspecified atom stereocenters. The maximum atomic E-state index is 11.5. The number of anilines is 1. The van der Waals surface area contributed by atoms with Crippen LogP contribution in [0, 0.1) is 0 Å². The largest absolute Gasteiger partial charge is 0.368 e. The molecule has 0 aromatic carbocycles. The Labute approximate surface area is 100 Å². The lowest BCUT2D eigenvalue weighted by molar-refractivity contribution is -0.121. The summed E-state index contributed by atoms with van der Waals surface area (Å²) in [4.78, 5) is 15.1. The zero-order valence-corrected chi connectivity index (χ0v) is 10.7. The smallest absolute Gasteiger partial charge is 0.242 e. The number of sulfone groups is 1. The van der Waals surface area contributed by atoms with E-state index in [1.165, 1.54) is 18.3 Å². The van der Waals surface area contributed by atoms with E-state index in [-0.39, 0.29) is 10.7 Å². The first-order valence-corrected chi connectivity index (χ1v) is 6.77. The number of rotatable bonds is 4. The molecule has 0 saturated heterocycles. The number of pyridine rings is 1. The van der Waals surface area contributed by atoms with Crippen LogP contribution in [0.2, 0.25) is 0 Å². The molecule has 1 amide bonds. The van der Waals surface area contributed by atoms with Gasteiger partial charge in [-0.05, 0) is 26.0 Å². The highest BCUT2D eigenvalue weighted by Crippen LogP contribution is 2.21. The fourth-order valence-electron chi connectivity index (χ4n) is 1.14. The molecule has 94 valence electrons. The van der Waals surface area contributed by atoms with Crippen molar-refractivity contribution in [3.63, 3.8) is 0 Å². The molecule has 17 heavy (non-hydrogen) atoms. The van der Waals surface area contributed by atoms with Crippen LogP contribution in [0.3, 0.4) is 0 Å². The average Bonchev–Trinajstić information content (AvgIpc) is 2.15. The molecule has 0 bridgehead atoms. The molecular weight excluding hydrogens is 242 g/mol. The lowest BCUT2D eigenvalue weighted by Crippen LogP contribution is -2.45. The van der Waals surface area contributed by atoms with Gasteiger partial charge >= 0.3 is 0 Å². The molecule has 1 aromatic rings. The van der Waals surface area contributed by atoms with Crippen LogP contribution in [-0.2, 0) is 14.6 Å². The van der Waals surface area contributed by atoms with Gasteiger partial charge in [0.2, 0.25) is 5.91 Å². The molecule has 7 heteroatoms. The highest BCUT2D eigenvalue weighted by atomic mass is 32.2. The topological polar surface area (TPSA) is 102 Å². The maximum absolute atomic E-state index is 11.5. The molecule has 0 aliphatic heterocycles. The highest BCUT2D eigenvalue weighted by Gasteiger charge is 2.27. The number of carbonyl (C=O) groups is 1. The van der Waals surface area contributed by atoms with Crippen molar-refractivity contribution < 1.29 is 13.2 Å². The van der Waals surface area contributed by atoms with E-state index in [1.54, 1.807) is 13.8 Å². The number of primary amides is 1. The third-order valence-electron chi connectivity index (χ3n) is 2.22. The first-order chi connectivity index (χ1) is 7.64. The SMILES string of the molecule is CC(C)(Nc1ncccc1S(C)(=O)=O)C(N)=O. The number of hydrogen-bond donors (Lipinski definition) is 2. The summed E-state index contributed by atoms with van der Waals surface area (Å²) in [5, 5.41) is 2.73. The third kappa shape index (κ3) is 3.16. The van der Waals surface area contributed by atoms with E-state index in [1.807, 2.05) is 0 Å². The van der Waals surface area contributed by atoms with Crippen LogP contribution in [0.25, 0.3) is 0 Å². The van der Waals surface area contributed by atoms with Gasteiger partial charge in [0.05, 0.1) is 0 Å². The van der Waals surface area contributed by atoms with Crippen LogP contribution in [0.4, 0.5) is 5.82 Å². The van der Waals surface area contributed by atoms with Gasteiger partial charge in [0.1, 0.15) is 16.3 Å². The van der Waals surface area contributed by atoms with E-state index < -0.39 is 21.3 Å². The van der Waals surface area contributed by atoms with Gasteiger partial charge < -0.3 is 11.1 Å². The molecular formula is C10H15N3O3S. The van der Waals surface area contributed by atoms with Crippen molar-refractivity contribution in [2.75, 3.05) is 11.6 Å². The summed E-state index contributed by atoms with van der Waals surface area (Å²) in [5.41, 5.74) is 4.12. The quantitative estimate of drug-likeness (QED) is 0.800. The molecule has 0 aliphatic carbocycles. The van der Waals surface area contributed by atoms with Gasteiger partial charge in [0.25, 0.3) is 0 Å². The van der Waals surface area contributed by atoms with Crippen molar-refractivity contribution in [2.24, 2.45) is 5.73 Å². The number of nitrogens with one attached hydrogen (secondary N) is 1. The van der Waals surface area contributed by atoms with Crippen LogP contribution < -0.4 is 11.1 Å². The van der Waals surface area contributed by atoms with E-state index >= 15 is 0 Å². The molecule has 3 N–H and O–H groups in total. The fourth-order valence-corrected chi connectivity index (χ4v) is 1.92. The van der Waals surface area contributed by atoms with Gasteiger partial charge in [-0.3, -0.25) is 4.79 Å². The lowest BCUT2D eigenvalue weighted by atomic mass is 10.1. The Bertz CT molecular complexity index is 537. The van der Waals surface area contributed by atoms with Crippen molar-refractivity contribution in [1.29, 1.82) is 0 Å². The minimum absolute atomic E-state index is 0.0364. The Morgan fingerprint density at radius 3 is 2.53 bits per heavy atom. The monoisotopic (exact) mass is 257 g/mol. The van der Waals surface area contributed by atoms with Crippen molar-refractivity contribution in [1.82, 2.24) is 4.98 Å². The van der Waals surface area contributed by atoms with Crippen molar-refractivity contribution >= 4 is 21.6 Å². The predicted molar refractivity (Wildman–Crippen MR) is 64.2 cm³/mol. The van der Waals surface area contributed by atoms with Crippen LogP contribution in [-0.4, -0.2) is 31.1 Å². The predicted octanol–water partition coefficient (Wildman–Crippen LogP) is 0.161. The van der Waals surface area contributed by atoms with Crippen molar-refractivity contribution in [2.45, 2.75) is 24.3 Å². The molecule has 1 aromatic heterocycles. The third-order valence-corrected chi connectivity index (χ3v) is 3.35. The number of amides is 1. The van der Waals surface area contributed by atoms with Crippen molar-refractivity contribution in [3.05, 3.63) is 18.3 Å². The average molecular weight is 257 g/mol. The molecule has 0 spiro atoms. The zero-order valence-electron chi connectivity index (χ0n) is 9.89. The Morgan fingerprint density at radius 1 is 1.47 bits per heavy atom.